The molecule has 3 saturated carbocycles. The summed E-state index contributed by atoms with van der Waals surface area (Å²) in [5.41, 5.74) is 5.61. The van der Waals surface area contributed by atoms with E-state index in [1.54, 1.807) is 0 Å². The van der Waals surface area contributed by atoms with E-state index in [1.165, 1.54) is 38.5 Å². The van der Waals surface area contributed by atoms with Gasteiger partial charge >= 0.3 is 0 Å². The van der Waals surface area contributed by atoms with E-state index >= 15 is 0 Å². The van der Waals surface area contributed by atoms with Crippen LogP contribution in [-0.4, -0.2) is 29.9 Å². The fourth-order valence-electron chi connectivity index (χ4n) is 4.00. The first kappa shape index (κ1) is 11.5. The molecule has 3 aliphatic carbocycles. The molecule has 17 heavy (non-hydrogen) atoms. The van der Waals surface area contributed by atoms with E-state index in [1.807, 2.05) is 0 Å². The van der Waals surface area contributed by atoms with E-state index in [-0.39, 0.29) is 0 Å². The Kier molecular flexibility index (Phi) is 3.12. The van der Waals surface area contributed by atoms with Crippen LogP contribution < -0.4 is 5.73 Å². The van der Waals surface area contributed by atoms with Gasteiger partial charge in [-0.2, -0.15) is 0 Å². The lowest BCUT2D eigenvalue weighted by atomic mass is 9.86. The molecule has 96 valence electrons. The number of carbonyl (C=O) groups is 1. The van der Waals surface area contributed by atoms with Gasteiger partial charge in [-0.1, -0.05) is 6.42 Å². The fourth-order valence-corrected chi connectivity index (χ4v) is 4.00. The first-order valence-electron chi connectivity index (χ1n) is 7.27. The van der Waals surface area contributed by atoms with Crippen LogP contribution in [0, 0.1) is 17.8 Å². The number of rotatable bonds is 5. The zero-order valence-electron chi connectivity index (χ0n) is 10.6. The Balaban J connectivity index is 1.54. The number of fused-ring (bicyclic) bond motifs is 2. The van der Waals surface area contributed by atoms with Crippen LogP contribution in [0.2, 0.25) is 0 Å². The van der Waals surface area contributed by atoms with Crippen molar-refractivity contribution in [2.45, 2.75) is 51.0 Å². The summed E-state index contributed by atoms with van der Waals surface area (Å²) in [5, 5.41) is 0. The summed E-state index contributed by atoms with van der Waals surface area (Å²) >= 11 is 0. The second kappa shape index (κ2) is 4.60. The van der Waals surface area contributed by atoms with E-state index in [2.05, 4.69) is 4.90 Å². The predicted molar refractivity (Wildman–Crippen MR) is 67.3 cm³/mol. The predicted octanol–water partition coefficient (Wildman–Crippen LogP) is 1.76. The van der Waals surface area contributed by atoms with Gasteiger partial charge in [0.1, 0.15) is 0 Å². The highest BCUT2D eigenvalue weighted by Gasteiger charge is 2.41. The van der Waals surface area contributed by atoms with Crippen molar-refractivity contribution in [1.29, 1.82) is 0 Å². The summed E-state index contributed by atoms with van der Waals surface area (Å²) in [4.78, 5) is 14.4. The number of amides is 1. The van der Waals surface area contributed by atoms with Gasteiger partial charge in [-0.3, -0.25) is 4.79 Å². The van der Waals surface area contributed by atoms with Gasteiger partial charge in [0, 0.05) is 25.6 Å². The Morgan fingerprint density at radius 2 is 2.00 bits per heavy atom. The Bertz CT molecular complexity index is 301. The first-order valence-corrected chi connectivity index (χ1v) is 7.27. The lowest BCUT2D eigenvalue weighted by Gasteiger charge is -2.26. The van der Waals surface area contributed by atoms with E-state index < -0.39 is 0 Å². The van der Waals surface area contributed by atoms with Crippen molar-refractivity contribution < 1.29 is 4.79 Å². The smallest absolute Gasteiger partial charge is 0.223 e. The fraction of sp³-hybridized carbons (Fsp3) is 0.929. The van der Waals surface area contributed by atoms with Gasteiger partial charge in [-0.25, -0.2) is 0 Å². The summed E-state index contributed by atoms with van der Waals surface area (Å²) < 4.78 is 0. The SMILES string of the molecule is NCCN(C(=O)CC1CC2CCC1C2)C1CC1. The molecule has 0 heterocycles. The van der Waals surface area contributed by atoms with E-state index in [9.17, 15) is 4.79 Å². The molecule has 0 radical (unpaired) electrons. The lowest BCUT2D eigenvalue weighted by molar-refractivity contribution is -0.133. The summed E-state index contributed by atoms with van der Waals surface area (Å²) in [5.74, 6) is 2.89. The quantitative estimate of drug-likeness (QED) is 0.790. The minimum Gasteiger partial charge on any atom is -0.338 e. The summed E-state index contributed by atoms with van der Waals surface area (Å²) in [6, 6.07) is 0.532. The van der Waals surface area contributed by atoms with Crippen LogP contribution in [-0.2, 0) is 4.79 Å². The highest BCUT2D eigenvalue weighted by Crippen LogP contribution is 2.49. The molecule has 2 bridgehead atoms. The molecule has 3 fully saturated rings. The number of nitrogens with two attached hydrogens (primary N) is 1. The molecular formula is C14H24N2O. The zero-order valence-corrected chi connectivity index (χ0v) is 10.6. The van der Waals surface area contributed by atoms with Gasteiger partial charge < -0.3 is 10.6 Å². The van der Waals surface area contributed by atoms with Crippen LogP contribution in [0.25, 0.3) is 0 Å². The minimum atomic E-state index is 0.385. The second-order valence-corrected chi connectivity index (χ2v) is 6.25. The average molecular weight is 236 g/mol. The van der Waals surface area contributed by atoms with E-state index in [0.717, 1.165) is 24.8 Å². The normalized spacial score (nSPS) is 35.2. The molecule has 0 spiro atoms. The molecule has 1 amide bonds. The summed E-state index contributed by atoms with van der Waals surface area (Å²) in [7, 11) is 0. The first-order chi connectivity index (χ1) is 8.28. The van der Waals surface area contributed by atoms with Gasteiger partial charge in [0.15, 0.2) is 0 Å². The third-order valence-corrected chi connectivity index (χ3v) is 5.00. The van der Waals surface area contributed by atoms with Gasteiger partial charge in [0.2, 0.25) is 5.91 Å². The molecule has 3 unspecified atom stereocenters. The van der Waals surface area contributed by atoms with Crippen molar-refractivity contribution >= 4 is 5.91 Å². The lowest BCUT2D eigenvalue weighted by Crippen LogP contribution is -2.38. The summed E-state index contributed by atoms with van der Waals surface area (Å²) in [6.07, 6.45) is 8.71. The zero-order chi connectivity index (χ0) is 11.8. The van der Waals surface area contributed by atoms with Crippen LogP contribution >= 0.6 is 0 Å². The molecule has 2 N–H and O–H groups in total. The average Bonchev–Trinajstić information content (AvgIpc) is 2.95. The monoisotopic (exact) mass is 236 g/mol. The molecule has 0 saturated heterocycles. The third-order valence-electron chi connectivity index (χ3n) is 5.00. The Morgan fingerprint density at radius 3 is 2.53 bits per heavy atom. The van der Waals surface area contributed by atoms with Crippen molar-refractivity contribution in [1.82, 2.24) is 4.90 Å². The number of hydrogen-bond acceptors (Lipinski definition) is 2. The maximum absolute atomic E-state index is 12.3. The maximum Gasteiger partial charge on any atom is 0.223 e. The third kappa shape index (κ3) is 2.35. The van der Waals surface area contributed by atoms with Crippen LogP contribution in [0.3, 0.4) is 0 Å². The number of hydrogen-bond donors (Lipinski definition) is 1. The second-order valence-electron chi connectivity index (χ2n) is 6.25. The molecule has 3 nitrogen and oxygen atoms in total. The van der Waals surface area contributed by atoms with E-state index in [0.29, 0.717) is 24.4 Å². The standard InChI is InChI=1S/C14H24N2O/c15-5-6-16(13-3-4-13)14(17)9-12-8-10-1-2-11(12)7-10/h10-13H,1-9,15H2. The van der Waals surface area contributed by atoms with Crippen molar-refractivity contribution in [2.24, 2.45) is 23.5 Å². The highest BCUT2D eigenvalue weighted by molar-refractivity contribution is 5.77. The van der Waals surface area contributed by atoms with Crippen LogP contribution in [0.15, 0.2) is 0 Å². The molecule has 3 heteroatoms. The van der Waals surface area contributed by atoms with Gasteiger partial charge in [0.25, 0.3) is 0 Å². The van der Waals surface area contributed by atoms with Crippen LogP contribution in [0.4, 0.5) is 0 Å². The van der Waals surface area contributed by atoms with Crippen molar-refractivity contribution in [3.8, 4) is 0 Å². The number of nitrogens with zero attached hydrogens (tertiary/aromatic N) is 1. The molecular weight excluding hydrogens is 212 g/mol. The van der Waals surface area contributed by atoms with Crippen molar-refractivity contribution in [2.75, 3.05) is 13.1 Å². The van der Waals surface area contributed by atoms with Crippen LogP contribution in [0.1, 0.15) is 44.9 Å². The molecule has 0 aromatic carbocycles. The van der Waals surface area contributed by atoms with Crippen molar-refractivity contribution in [3.63, 3.8) is 0 Å². The van der Waals surface area contributed by atoms with E-state index in [4.69, 9.17) is 5.73 Å². The highest BCUT2D eigenvalue weighted by atomic mass is 16.2. The summed E-state index contributed by atoms with van der Waals surface area (Å²) in [6.45, 7) is 1.38. The van der Waals surface area contributed by atoms with Crippen molar-refractivity contribution in [3.05, 3.63) is 0 Å². The minimum absolute atomic E-state index is 0.385. The Hall–Kier alpha value is -0.570. The molecule has 3 rings (SSSR count). The molecule has 3 aliphatic rings. The topological polar surface area (TPSA) is 46.3 Å². The molecule has 0 aromatic rings. The van der Waals surface area contributed by atoms with Gasteiger partial charge in [0.05, 0.1) is 0 Å². The van der Waals surface area contributed by atoms with Gasteiger partial charge in [-0.05, 0) is 49.9 Å². The Morgan fingerprint density at radius 1 is 1.18 bits per heavy atom. The number of carbonyl (C=O) groups excluding carboxylic acids is 1. The van der Waals surface area contributed by atoms with Gasteiger partial charge in [-0.15, -0.1) is 0 Å². The van der Waals surface area contributed by atoms with Crippen LogP contribution in [0.5, 0.6) is 0 Å². The largest absolute Gasteiger partial charge is 0.338 e. The maximum atomic E-state index is 12.3. The Labute approximate surface area is 104 Å². The molecule has 0 aromatic heterocycles. The molecule has 0 aliphatic heterocycles. The molecule has 3 atom stereocenters.